The average Bonchev–Trinajstić information content (AvgIpc) is 2.27. The van der Waals surface area contributed by atoms with E-state index >= 15 is 0 Å². The molecule has 0 N–H and O–H groups in total. The number of hydrogen-bond donors (Lipinski definition) is 0. The van der Waals surface area contributed by atoms with Crippen LogP contribution in [0, 0.1) is 10.1 Å². The maximum absolute atomic E-state index is 11.6. The fourth-order valence-electron chi connectivity index (χ4n) is 2.07. The molecule has 0 saturated heterocycles. The third kappa shape index (κ3) is 1.80. The highest BCUT2D eigenvalue weighted by molar-refractivity contribution is 5.99. The minimum Gasteiger partial charge on any atom is -0.299 e. The lowest BCUT2D eigenvalue weighted by Crippen LogP contribution is -2.38. The van der Waals surface area contributed by atoms with Gasteiger partial charge in [-0.2, -0.15) is 0 Å². The van der Waals surface area contributed by atoms with Gasteiger partial charge >= 0.3 is 0 Å². The summed E-state index contributed by atoms with van der Waals surface area (Å²) < 4.78 is 0. The number of nitrogens with zero attached hydrogens (tertiary/aromatic N) is 2. The van der Waals surface area contributed by atoms with Crippen molar-refractivity contribution in [3.8, 4) is 0 Å². The quantitative estimate of drug-likeness (QED) is 0.551. The molecule has 0 aliphatic carbocycles. The lowest BCUT2D eigenvalue weighted by molar-refractivity contribution is -0.384. The highest BCUT2D eigenvalue weighted by Crippen LogP contribution is 2.37. The van der Waals surface area contributed by atoms with Gasteiger partial charge < -0.3 is 0 Å². The molecular weight excluding hydrogens is 220 g/mol. The number of hydrogen-bond acceptors (Lipinski definition) is 3. The van der Waals surface area contributed by atoms with Crippen molar-refractivity contribution in [2.24, 2.45) is 0 Å². The Morgan fingerprint density at radius 2 is 2.18 bits per heavy atom. The van der Waals surface area contributed by atoms with Gasteiger partial charge in [0.25, 0.3) is 5.69 Å². The van der Waals surface area contributed by atoms with Crippen molar-refractivity contribution in [1.29, 1.82) is 0 Å². The maximum Gasteiger partial charge on any atom is 0.293 e. The monoisotopic (exact) mass is 232 g/mol. The predicted molar refractivity (Wildman–Crippen MR) is 64.8 cm³/mol. The topological polar surface area (TPSA) is 63.5 Å². The van der Waals surface area contributed by atoms with Gasteiger partial charge in [0.1, 0.15) is 5.69 Å². The molecule has 0 radical (unpaired) electrons. The molecule has 17 heavy (non-hydrogen) atoms. The van der Waals surface area contributed by atoms with Gasteiger partial charge in [0.2, 0.25) is 5.91 Å². The molecule has 1 heterocycles. The first-order chi connectivity index (χ1) is 8.02. The summed E-state index contributed by atoms with van der Waals surface area (Å²) in [5, 5.41) is 11.0. The van der Waals surface area contributed by atoms with Crippen LogP contribution in [0.3, 0.4) is 0 Å². The highest BCUT2D eigenvalue weighted by Gasteiger charge is 2.29. The number of benzene rings is 1. The Labute approximate surface area is 98.5 Å². The molecule has 5 nitrogen and oxygen atoms in total. The summed E-state index contributed by atoms with van der Waals surface area (Å²) >= 11 is 0. The van der Waals surface area contributed by atoms with Gasteiger partial charge in [-0.15, -0.1) is 0 Å². The third-order valence-corrected chi connectivity index (χ3v) is 2.78. The van der Waals surface area contributed by atoms with Gasteiger partial charge in [0, 0.05) is 18.6 Å². The van der Waals surface area contributed by atoms with Crippen molar-refractivity contribution >= 4 is 23.4 Å². The zero-order valence-corrected chi connectivity index (χ0v) is 9.58. The van der Waals surface area contributed by atoms with Crippen LogP contribution in [-0.2, 0) is 4.79 Å². The van der Waals surface area contributed by atoms with Crippen molar-refractivity contribution in [2.75, 3.05) is 4.90 Å². The second kappa shape index (κ2) is 4.01. The van der Waals surface area contributed by atoms with E-state index in [1.165, 1.54) is 17.9 Å². The Kier molecular flexibility index (Phi) is 2.67. The Bertz CT molecular complexity index is 522. The summed E-state index contributed by atoms with van der Waals surface area (Å²) in [6, 6.07) is 4.64. The molecule has 88 valence electrons. The molecule has 1 aromatic carbocycles. The molecular formula is C12H12N2O3. The summed E-state index contributed by atoms with van der Waals surface area (Å²) in [5.74, 6) is -0.197. The molecule has 0 fully saturated rings. The smallest absolute Gasteiger partial charge is 0.293 e. The van der Waals surface area contributed by atoms with Crippen LogP contribution in [0.1, 0.15) is 19.4 Å². The number of nitro groups is 1. The van der Waals surface area contributed by atoms with Crippen LogP contribution in [0.4, 0.5) is 11.4 Å². The molecule has 0 spiro atoms. The molecule has 0 bridgehead atoms. The Morgan fingerprint density at radius 1 is 1.47 bits per heavy atom. The van der Waals surface area contributed by atoms with E-state index in [0.717, 1.165) is 0 Å². The minimum absolute atomic E-state index is 0.0334. The Hall–Kier alpha value is -2.17. The van der Waals surface area contributed by atoms with Crippen molar-refractivity contribution in [2.45, 2.75) is 19.9 Å². The van der Waals surface area contributed by atoms with Crippen molar-refractivity contribution in [3.05, 3.63) is 40.0 Å². The zero-order valence-electron chi connectivity index (χ0n) is 9.58. The Morgan fingerprint density at radius 3 is 2.76 bits per heavy atom. The number of rotatable bonds is 1. The van der Waals surface area contributed by atoms with Crippen molar-refractivity contribution < 1.29 is 9.72 Å². The number of fused-ring (bicyclic) bond motifs is 1. The van der Waals surface area contributed by atoms with Crippen LogP contribution in [0.25, 0.3) is 6.08 Å². The first-order valence-corrected chi connectivity index (χ1v) is 5.28. The van der Waals surface area contributed by atoms with Crippen LogP contribution >= 0.6 is 0 Å². The number of para-hydroxylation sites is 1. The van der Waals surface area contributed by atoms with Gasteiger partial charge in [-0.1, -0.05) is 24.3 Å². The number of nitro benzene ring substituents is 1. The molecule has 1 aromatic rings. The van der Waals surface area contributed by atoms with E-state index in [2.05, 4.69) is 0 Å². The normalized spacial score (nSPS) is 17.8. The van der Waals surface area contributed by atoms with Gasteiger partial charge in [-0.25, -0.2) is 0 Å². The van der Waals surface area contributed by atoms with E-state index < -0.39 is 4.92 Å². The molecule has 0 saturated carbocycles. The molecule has 1 aliphatic rings. The molecule has 1 atom stereocenters. The van der Waals surface area contributed by atoms with Gasteiger partial charge in [-0.05, 0) is 6.92 Å². The number of amides is 1. The lowest BCUT2D eigenvalue weighted by Gasteiger charge is -2.30. The minimum atomic E-state index is -0.458. The number of carbonyl (C=O) groups is 1. The summed E-state index contributed by atoms with van der Waals surface area (Å²) in [5.41, 5.74) is 1.06. The van der Waals surface area contributed by atoms with E-state index in [4.69, 9.17) is 0 Å². The zero-order chi connectivity index (χ0) is 12.6. The molecule has 1 unspecified atom stereocenters. The van der Waals surface area contributed by atoms with Crippen LogP contribution in [-0.4, -0.2) is 16.9 Å². The van der Waals surface area contributed by atoms with Crippen LogP contribution in [0.5, 0.6) is 0 Å². The lowest BCUT2D eigenvalue weighted by atomic mass is 10.0. The average molecular weight is 232 g/mol. The first kappa shape index (κ1) is 11.3. The van der Waals surface area contributed by atoms with Crippen molar-refractivity contribution in [3.63, 3.8) is 0 Å². The van der Waals surface area contributed by atoms with Gasteiger partial charge in [0.15, 0.2) is 0 Å². The van der Waals surface area contributed by atoms with Crippen LogP contribution in [0.15, 0.2) is 24.3 Å². The summed E-state index contributed by atoms with van der Waals surface area (Å²) in [6.07, 6.45) is 3.67. The van der Waals surface area contributed by atoms with Crippen molar-refractivity contribution in [1.82, 2.24) is 0 Å². The first-order valence-electron chi connectivity index (χ1n) is 5.28. The number of carbonyl (C=O) groups excluding carboxylic acids is 1. The molecule has 5 heteroatoms. The van der Waals surface area contributed by atoms with E-state index in [0.29, 0.717) is 11.3 Å². The largest absolute Gasteiger partial charge is 0.299 e. The molecule has 0 aromatic heterocycles. The van der Waals surface area contributed by atoms with Gasteiger partial charge in [-0.3, -0.25) is 19.8 Å². The maximum atomic E-state index is 11.6. The van der Waals surface area contributed by atoms with Gasteiger partial charge in [0.05, 0.1) is 11.0 Å². The Balaban J connectivity index is 2.69. The summed E-state index contributed by atoms with van der Waals surface area (Å²) in [7, 11) is 0. The van der Waals surface area contributed by atoms with E-state index in [9.17, 15) is 14.9 Å². The second-order valence-electron chi connectivity index (χ2n) is 3.96. The summed E-state index contributed by atoms with van der Waals surface area (Å²) in [6.45, 7) is 3.24. The molecule has 1 amide bonds. The van der Waals surface area contributed by atoms with E-state index in [-0.39, 0.29) is 17.6 Å². The fraction of sp³-hybridized carbons (Fsp3) is 0.250. The summed E-state index contributed by atoms with van der Waals surface area (Å²) in [4.78, 5) is 23.6. The SMILES string of the molecule is CC(=O)N1c2c(cccc2[N+](=O)[O-])C=CC1C. The van der Waals surface area contributed by atoms with E-state index in [1.807, 2.05) is 19.1 Å². The van der Waals surface area contributed by atoms with E-state index in [1.54, 1.807) is 12.1 Å². The fourth-order valence-corrected chi connectivity index (χ4v) is 2.07. The highest BCUT2D eigenvalue weighted by atomic mass is 16.6. The standard InChI is InChI=1S/C12H12N2O3/c1-8-6-7-10-4-3-5-11(14(16)17)12(10)13(8)9(2)15/h3-8H,1-2H3. The third-order valence-electron chi connectivity index (χ3n) is 2.78. The molecule has 1 aliphatic heterocycles. The molecule has 2 rings (SSSR count). The van der Waals surface area contributed by atoms with Crippen LogP contribution < -0.4 is 4.90 Å². The van der Waals surface area contributed by atoms with Crippen LogP contribution in [0.2, 0.25) is 0 Å². The predicted octanol–water partition coefficient (Wildman–Crippen LogP) is 2.36. The second-order valence-corrected chi connectivity index (χ2v) is 3.96. The number of anilines is 1.